The molecule has 0 saturated carbocycles. The van der Waals surface area contributed by atoms with Crippen LogP contribution in [0, 0.1) is 3.57 Å². The molecule has 0 fully saturated rings. The Bertz CT molecular complexity index is 1030. The minimum absolute atomic E-state index is 0.437. The number of aromatic nitrogens is 3. The van der Waals surface area contributed by atoms with Crippen LogP contribution in [0.2, 0.25) is 0 Å². The molecule has 9 heteroatoms. The van der Waals surface area contributed by atoms with Crippen LogP contribution in [0.4, 0.5) is 5.69 Å². The summed E-state index contributed by atoms with van der Waals surface area (Å²) in [6.07, 6.45) is 1.42. The molecular formula is C19H17IN4O3S. The average molecular weight is 508 g/mol. The van der Waals surface area contributed by atoms with Gasteiger partial charge in [-0.3, -0.25) is 0 Å². The van der Waals surface area contributed by atoms with Crippen LogP contribution in [0.1, 0.15) is 11.8 Å². The highest BCUT2D eigenvalue weighted by atomic mass is 127. The Morgan fingerprint density at radius 2 is 1.96 bits per heavy atom. The first-order valence-corrected chi connectivity index (χ1v) is 10.7. The smallest absolute Gasteiger partial charge is 0.247 e. The molecule has 1 aliphatic heterocycles. The molecular weight excluding hydrogens is 491 g/mol. The molecule has 4 rings (SSSR count). The fraction of sp³-hybridized carbons (Fsp3) is 0.211. The number of methoxy groups -OCH3 is 2. The lowest BCUT2D eigenvalue weighted by Crippen LogP contribution is -2.17. The van der Waals surface area contributed by atoms with Gasteiger partial charge in [-0.15, -0.1) is 10.2 Å². The lowest BCUT2D eigenvalue weighted by atomic mass is 10.1. The molecule has 1 aliphatic rings. The Morgan fingerprint density at radius 1 is 1.14 bits per heavy atom. The van der Waals surface area contributed by atoms with Gasteiger partial charge in [0, 0.05) is 16.8 Å². The second kappa shape index (κ2) is 8.00. The number of halogens is 1. The van der Waals surface area contributed by atoms with Gasteiger partial charge in [-0.1, -0.05) is 30.0 Å². The number of anilines is 1. The monoisotopic (exact) mass is 508 g/mol. The third-order valence-corrected chi connectivity index (χ3v) is 5.61. The molecule has 7 nitrogen and oxygen atoms in total. The summed E-state index contributed by atoms with van der Waals surface area (Å²) < 4.78 is 18.1. The van der Waals surface area contributed by atoms with Crippen LogP contribution in [0.25, 0.3) is 11.3 Å². The Hall–Kier alpha value is -2.27. The first kappa shape index (κ1) is 19.1. The summed E-state index contributed by atoms with van der Waals surface area (Å²) >= 11 is 3.64. The third-order valence-electron chi connectivity index (χ3n) is 4.27. The zero-order valence-corrected chi connectivity index (χ0v) is 18.4. The lowest BCUT2D eigenvalue weighted by molar-refractivity contribution is 0.224. The zero-order valence-electron chi connectivity index (χ0n) is 15.4. The highest BCUT2D eigenvalue weighted by molar-refractivity contribution is 14.1. The number of hydrogen-bond donors (Lipinski definition) is 1. The van der Waals surface area contributed by atoms with E-state index in [2.05, 4.69) is 43.1 Å². The van der Waals surface area contributed by atoms with E-state index in [4.69, 9.17) is 14.2 Å². The first-order valence-electron chi connectivity index (χ1n) is 8.37. The molecule has 144 valence electrons. The molecule has 3 aromatic rings. The molecule has 1 N–H and O–H groups in total. The van der Waals surface area contributed by atoms with E-state index >= 15 is 0 Å². The van der Waals surface area contributed by atoms with Crippen molar-refractivity contribution in [2.45, 2.75) is 11.4 Å². The van der Waals surface area contributed by atoms with E-state index < -0.39 is 6.23 Å². The van der Waals surface area contributed by atoms with Gasteiger partial charge >= 0.3 is 0 Å². The molecule has 0 amide bonds. The van der Waals surface area contributed by atoms with Crippen molar-refractivity contribution in [2.24, 2.45) is 0 Å². The minimum Gasteiger partial charge on any atom is -0.493 e. The highest BCUT2D eigenvalue weighted by Gasteiger charge is 2.27. The summed E-state index contributed by atoms with van der Waals surface area (Å²) in [4.78, 5) is 4.53. The molecule has 28 heavy (non-hydrogen) atoms. The van der Waals surface area contributed by atoms with Gasteiger partial charge < -0.3 is 19.5 Å². The second-order valence-corrected chi connectivity index (χ2v) is 7.81. The molecule has 1 atom stereocenters. The summed E-state index contributed by atoms with van der Waals surface area (Å²) in [6.45, 7) is 0. The molecule has 0 radical (unpaired) electrons. The maximum atomic E-state index is 6.26. The van der Waals surface area contributed by atoms with E-state index in [1.165, 1.54) is 11.8 Å². The third kappa shape index (κ3) is 3.44. The normalized spacial score (nSPS) is 14.8. The number of thioether (sulfide) groups is 1. The van der Waals surface area contributed by atoms with Crippen LogP contribution in [0.3, 0.4) is 0 Å². The van der Waals surface area contributed by atoms with E-state index in [-0.39, 0.29) is 0 Å². The van der Waals surface area contributed by atoms with E-state index in [0.717, 1.165) is 20.4 Å². The fourth-order valence-corrected chi connectivity index (χ4v) is 4.12. The second-order valence-electron chi connectivity index (χ2n) is 5.88. The topological polar surface area (TPSA) is 78.4 Å². The summed E-state index contributed by atoms with van der Waals surface area (Å²) in [5.41, 5.74) is 3.28. The standard InChI is InChI=1S/C19H17IN4O3S/c1-25-14-9-10(8-12(20)16(14)26-2)17-21-13-7-5-4-6-11(13)15-18(27-17)22-19(28-3)24-23-15/h4-9,17,21H,1-3H3/t17-/m1/s1. The maximum Gasteiger partial charge on any atom is 0.247 e. The Morgan fingerprint density at radius 3 is 2.71 bits per heavy atom. The Balaban J connectivity index is 1.85. The van der Waals surface area contributed by atoms with Gasteiger partial charge in [0.1, 0.15) is 0 Å². The predicted molar refractivity (Wildman–Crippen MR) is 116 cm³/mol. The number of hydrogen-bond acceptors (Lipinski definition) is 8. The van der Waals surface area contributed by atoms with Crippen LogP contribution >= 0.6 is 34.4 Å². The highest BCUT2D eigenvalue weighted by Crippen LogP contribution is 2.41. The Labute approximate surface area is 180 Å². The van der Waals surface area contributed by atoms with Gasteiger partial charge in [0.05, 0.1) is 17.8 Å². The zero-order chi connectivity index (χ0) is 19.7. The maximum absolute atomic E-state index is 6.26. The van der Waals surface area contributed by atoms with Crippen molar-refractivity contribution in [3.05, 3.63) is 45.5 Å². The molecule has 1 aromatic heterocycles. The number of ether oxygens (including phenoxy) is 3. The number of nitrogens with zero attached hydrogens (tertiary/aromatic N) is 3. The fourth-order valence-electron chi connectivity index (χ4n) is 2.97. The Kier molecular flexibility index (Phi) is 5.44. The number of nitrogens with one attached hydrogen (secondary N) is 1. The predicted octanol–water partition coefficient (Wildman–Crippen LogP) is 4.39. The lowest BCUT2D eigenvalue weighted by Gasteiger charge is -2.21. The summed E-state index contributed by atoms with van der Waals surface area (Å²) in [6, 6.07) is 11.8. The van der Waals surface area contributed by atoms with Gasteiger partial charge in [0.15, 0.2) is 23.4 Å². The van der Waals surface area contributed by atoms with E-state index in [1.807, 2.05) is 42.7 Å². The molecule has 0 aliphatic carbocycles. The van der Waals surface area contributed by atoms with Gasteiger partial charge in [0.2, 0.25) is 11.0 Å². The van der Waals surface area contributed by atoms with E-state index in [1.54, 1.807) is 14.2 Å². The SMILES string of the molecule is COc1cc([C@@H]2Nc3ccccc3-c3nnc(SC)nc3O2)cc(I)c1OC. The number of benzene rings is 2. The van der Waals surface area contributed by atoms with Crippen LogP contribution in [-0.4, -0.2) is 35.7 Å². The van der Waals surface area contributed by atoms with E-state index in [0.29, 0.717) is 28.2 Å². The van der Waals surface area contributed by atoms with Crippen LogP contribution in [-0.2, 0) is 0 Å². The van der Waals surface area contributed by atoms with Crippen molar-refractivity contribution in [3.63, 3.8) is 0 Å². The quantitative estimate of drug-likeness (QED) is 0.411. The number of rotatable bonds is 4. The molecule has 0 saturated heterocycles. The van der Waals surface area contributed by atoms with Crippen LogP contribution < -0.4 is 19.5 Å². The van der Waals surface area contributed by atoms with Crippen molar-refractivity contribution in [1.82, 2.24) is 15.2 Å². The summed E-state index contributed by atoms with van der Waals surface area (Å²) in [5.74, 6) is 1.76. The molecule has 0 bridgehead atoms. The van der Waals surface area contributed by atoms with Crippen molar-refractivity contribution >= 4 is 40.0 Å². The van der Waals surface area contributed by atoms with Gasteiger partial charge in [-0.25, -0.2) is 0 Å². The molecule has 0 spiro atoms. The van der Waals surface area contributed by atoms with E-state index in [9.17, 15) is 0 Å². The van der Waals surface area contributed by atoms with Gasteiger partial charge in [-0.2, -0.15) is 4.98 Å². The van der Waals surface area contributed by atoms with Crippen molar-refractivity contribution in [3.8, 4) is 28.6 Å². The van der Waals surface area contributed by atoms with Crippen molar-refractivity contribution in [1.29, 1.82) is 0 Å². The van der Waals surface area contributed by atoms with Crippen LogP contribution in [0.15, 0.2) is 41.6 Å². The summed E-state index contributed by atoms with van der Waals surface area (Å²) in [7, 11) is 3.24. The van der Waals surface area contributed by atoms with Gasteiger partial charge in [0.25, 0.3) is 0 Å². The molecule has 2 heterocycles. The minimum atomic E-state index is -0.484. The number of para-hydroxylation sites is 1. The largest absolute Gasteiger partial charge is 0.493 e. The average Bonchev–Trinajstić information content (AvgIpc) is 2.89. The van der Waals surface area contributed by atoms with Crippen LogP contribution in [0.5, 0.6) is 17.4 Å². The van der Waals surface area contributed by atoms with Gasteiger partial charge in [-0.05, 0) is 47.0 Å². The molecule has 2 aromatic carbocycles. The molecule has 0 unspecified atom stereocenters. The van der Waals surface area contributed by atoms with Crippen molar-refractivity contribution in [2.75, 3.05) is 25.8 Å². The van der Waals surface area contributed by atoms with Crippen molar-refractivity contribution < 1.29 is 14.2 Å². The number of fused-ring (bicyclic) bond motifs is 3. The first-order chi connectivity index (χ1) is 13.6. The summed E-state index contributed by atoms with van der Waals surface area (Å²) in [5, 5.41) is 12.5.